The summed E-state index contributed by atoms with van der Waals surface area (Å²) in [5.74, 6) is -0.135. The van der Waals surface area contributed by atoms with Gasteiger partial charge in [-0.3, -0.25) is 4.79 Å². The van der Waals surface area contributed by atoms with E-state index < -0.39 is 10.0 Å². The van der Waals surface area contributed by atoms with Crippen LogP contribution in [0, 0.1) is 11.3 Å². The van der Waals surface area contributed by atoms with Gasteiger partial charge in [0.25, 0.3) is 0 Å². The quantitative estimate of drug-likeness (QED) is 0.764. The summed E-state index contributed by atoms with van der Waals surface area (Å²) in [7, 11) is -3.15. The smallest absolute Gasteiger partial charge is 0.223 e. The summed E-state index contributed by atoms with van der Waals surface area (Å²) >= 11 is 0. The molecule has 1 heterocycles. The molecule has 0 radical (unpaired) electrons. The molecule has 0 spiro atoms. The van der Waals surface area contributed by atoms with Crippen LogP contribution in [0.2, 0.25) is 0 Å². The van der Waals surface area contributed by atoms with Gasteiger partial charge < -0.3 is 10.4 Å². The van der Waals surface area contributed by atoms with E-state index in [1.54, 1.807) is 0 Å². The van der Waals surface area contributed by atoms with Gasteiger partial charge in [0.2, 0.25) is 15.9 Å². The zero-order chi connectivity index (χ0) is 15.1. The summed E-state index contributed by atoms with van der Waals surface area (Å²) in [4.78, 5) is 12.2. The maximum absolute atomic E-state index is 12.2. The van der Waals surface area contributed by atoms with Crippen molar-refractivity contribution in [2.75, 3.05) is 19.3 Å². The number of aliphatic hydroxyl groups is 1. The van der Waals surface area contributed by atoms with E-state index >= 15 is 0 Å². The van der Waals surface area contributed by atoms with Crippen molar-refractivity contribution in [3.8, 4) is 0 Å². The van der Waals surface area contributed by atoms with Crippen LogP contribution >= 0.6 is 0 Å². The number of sulfonamides is 1. The van der Waals surface area contributed by atoms with Gasteiger partial charge in [0.05, 0.1) is 12.4 Å². The van der Waals surface area contributed by atoms with Gasteiger partial charge >= 0.3 is 0 Å². The zero-order valence-corrected chi connectivity index (χ0v) is 13.1. The molecule has 0 aromatic heterocycles. The topological polar surface area (TPSA) is 86.7 Å². The van der Waals surface area contributed by atoms with Gasteiger partial charge in [-0.15, -0.1) is 0 Å². The van der Waals surface area contributed by atoms with E-state index in [4.69, 9.17) is 0 Å². The SMILES string of the molecule is CC1(C)C(O)CC1NC(=O)C1CCN(S(C)(=O)=O)CC1. The third-order valence-electron chi connectivity index (χ3n) is 4.83. The lowest BCUT2D eigenvalue weighted by molar-refractivity contribution is -0.134. The highest BCUT2D eigenvalue weighted by atomic mass is 32.2. The molecule has 2 unspecified atom stereocenters. The van der Waals surface area contributed by atoms with E-state index in [-0.39, 0.29) is 29.4 Å². The van der Waals surface area contributed by atoms with Crippen LogP contribution in [0.15, 0.2) is 0 Å². The van der Waals surface area contributed by atoms with E-state index in [2.05, 4.69) is 5.32 Å². The van der Waals surface area contributed by atoms with Crippen molar-refractivity contribution in [2.24, 2.45) is 11.3 Å². The van der Waals surface area contributed by atoms with Gasteiger partial charge in [0.15, 0.2) is 0 Å². The van der Waals surface area contributed by atoms with Gasteiger partial charge in [0.1, 0.15) is 0 Å². The van der Waals surface area contributed by atoms with E-state index in [0.29, 0.717) is 32.4 Å². The van der Waals surface area contributed by atoms with Gasteiger partial charge in [-0.25, -0.2) is 12.7 Å². The minimum atomic E-state index is -3.15. The monoisotopic (exact) mass is 304 g/mol. The molecule has 2 rings (SSSR count). The van der Waals surface area contributed by atoms with Crippen LogP contribution in [-0.4, -0.2) is 55.2 Å². The van der Waals surface area contributed by atoms with Crippen molar-refractivity contribution >= 4 is 15.9 Å². The lowest BCUT2D eigenvalue weighted by Gasteiger charge is -2.49. The Morgan fingerprint density at radius 3 is 2.25 bits per heavy atom. The second kappa shape index (κ2) is 5.27. The predicted octanol–water partition coefficient (Wildman–Crippen LogP) is -0.0664. The maximum atomic E-state index is 12.2. The standard InChI is InChI=1S/C13H24N2O4S/c1-13(2)10(8-11(13)16)14-12(17)9-4-6-15(7-5-9)20(3,18)19/h9-11,16H,4-8H2,1-3H3,(H,14,17). The maximum Gasteiger partial charge on any atom is 0.223 e. The van der Waals surface area contributed by atoms with Crippen LogP contribution < -0.4 is 5.32 Å². The molecular weight excluding hydrogens is 280 g/mol. The molecule has 2 aliphatic rings. The Kier molecular flexibility index (Phi) is 4.15. The molecule has 2 atom stereocenters. The fraction of sp³-hybridized carbons (Fsp3) is 0.923. The molecule has 1 aliphatic heterocycles. The molecule has 1 amide bonds. The molecule has 6 nitrogen and oxygen atoms in total. The number of nitrogens with one attached hydrogen (secondary N) is 1. The first kappa shape index (κ1) is 15.7. The lowest BCUT2D eigenvalue weighted by atomic mass is 9.64. The Labute approximate surface area is 120 Å². The third-order valence-corrected chi connectivity index (χ3v) is 6.13. The molecule has 1 saturated carbocycles. The molecule has 2 N–H and O–H groups in total. The van der Waals surface area contributed by atoms with Crippen LogP contribution in [0.25, 0.3) is 0 Å². The fourth-order valence-corrected chi connectivity index (χ4v) is 3.76. The van der Waals surface area contributed by atoms with E-state index in [1.165, 1.54) is 10.6 Å². The first-order chi connectivity index (χ1) is 9.12. The van der Waals surface area contributed by atoms with Gasteiger partial charge in [-0.05, 0) is 19.3 Å². The van der Waals surface area contributed by atoms with Gasteiger partial charge in [-0.2, -0.15) is 0 Å². The number of nitrogens with zero attached hydrogens (tertiary/aromatic N) is 1. The van der Waals surface area contributed by atoms with Crippen molar-refractivity contribution in [3.05, 3.63) is 0 Å². The van der Waals surface area contributed by atoms with Crippen molar-refractivity contribution in [3.63, 3.8) is 0 Å². The molecule has 2 fully saturated rings. The second-order valence-electron chi connectivity index (χ2n) is 6.57. The summed E-state index contributed by atoms with van der Waals surface area (Å²) < 4.78 is 24.3. The summed E-state index contributed by atoms with van der Waals surface area (Å²) in [5.41, 5.74) is -0.275. The highest BCUT2D eigenvalue weighted by Gasteiger charge is 2.48. The predicted molar refractivity (Wildman–Crippen MR) is 75.5 cm³/mol. The molecule has 0 aromatic rings. The average Bonchev–Trinajstić information content (AvgIpc) is 2.37. The van der Waals surface area contributed by atoms with Gasteiger partial charge in [0, 0.05) is 30.5 Å². The summed E-state index contributed by atoms with van der Waals surface area (Å²) in [6, 6.07) is 0.0120. The highest BCUT2D eigenvalue weighted by molar-refractivity contribution is 7.88. The number of hydrogen-bond acceptors (Lipinski definition) is 4. The average molecular weight is 304 g/mol. The van der Waals surface area contributed by atoms with Crippen LogP contribution in [0.3, 0.4) is 0 Å². The second-order valence-corrected chi connectivity index (χ2v) is 8.55. The van der Waals surface area contributed by atoms with Crippen LogP contribution in [0.4, 0.5) is 0 Å². The number of aliphatic hydroxyl groups excluding tert-OH is 1. The lowest BCUT2D eigenvalue weighted by Crippen LogP contribution is -2.62. The van der Waals surface area contributed by atoms with Crippen LogP contribution in [-0.2, 0) is 14.8 Å². The Balaban J connectivity index is 1.84. The van der Waals surface area contributed by atoms with Crippen molar-refractivity contribution in [2.45, 2.75) is 45.3 Å². The third kappa shape index (κ3) is 2.99. The first-order valence-corrected chi connectivity index (χ1v) is 8.90. The number of rotatable bonds is 3. The Bertz CT molecular complexity index is 481. The summed E-state index contributed by atoms with van der Waals surface area (Å²) in [6.07, 6.45) is 2.57. The van der Waals surface area contributed by atoms with Gasteiger partial charge in [-0.1, -0.05) is 13.8 Å². The van der Waals surface area contributed by atoms with Crippen molar-refractivity contribution < 1.29 is 18.3 Å². The highest BCUT2D eigenvalue weighted by Crippen LogP contribution is 2.40. The van der Waals surface area contributed by atoms with E-state index in [1.807, 2.05) is 13.8 Å². The van der Waals surface area contributed by atoms with E-state index in [9.17, 15) is 18.3 Å². The molecule has 116 valence electrons. The summed E-state index contributed by atoms with van der Waals surface area (Å²) in [5, 5.41) is 12.7. The van der Waals surface area contributed by atoms with Crippen molar-refractivity contribution in [1.82, 2.24) is 9.62 Å². The number of hydrogen-bond donors (Lipinski definition) is 2. The molecular formula is C13H24N2O4S. The number of piperidine rings is 1. The largest absolute Gasteiger partial charge is 0.392 e. The first-order valence-electron chi connectivity index (χ1n) is 7.06. The Morgan fingerprint density at radius 1 is 1.30 bits per heavy atom. The molecule has 1 aliphatic carbocycles. The molecule has 0 aromatic carbocycles. The molecule has 20 heavy (non-hydrogen) atoms. The van der Waals surface area contributed by atoms with E-state index in [0.717, 1.165) is 0 Å². The zero-order valence-electron chi connectivity index (χ0n) is 12.3. The van der Waals surface area contributed by atoms with Crippen LogP contribution in [0.1, 0.15) is 33.1 Å². The normalized spacial score (nSPS) is 31.6. The van der Waals surface area contributed by atoms with Crippen molar-refractivity contribution in [1.29, 1.82) is 0 Å². The number of carbonyl (C=O) groups excluding carboxylic acids is 1. The summed E-state index contributed by atoms with van der Waals surface area (Å²) in [6.45, 7) is 4.71. The minimum Gasteiger partial charge on any atom is -0.392 e. The number of amides is 1. The molecule has 7 heteroatoms. The Morgan fingerprint density at radius 2 is 1.85 bits per heavy atom. The number of carbonyl (C=O) groups is 1. The molecule has 1 saturated heterocycles. The van der Waals surface area contributed by atoms with Crippen LogP contribution in [0.5, 0.6) is 0 Å². The fourth-order valence-electron chi connectivity index (χ4n) is 2.89. The minimum absolute atomic E-state index is 0.0110. The Hall–Kier alpha value is -0.660. The molecule has 0 bridgehead atoms.